The Kier molecular flexibility index (Phi) is 3.06. The molecule has 4 heteroatoms. The highest BCUT2D eigenvalue weighted by atomic mass is 16.7. The maximum atomic E-state index is 11.6. The first kappa shape index (κ1) is 10.2. The van der Waals surface area contributed by atoms with Crippen molar-refractivity contribution in [1.82, 2.24) is 5.48 Å². The van der Waals surface area contributed by atoms with Crippen LogP contribution in [0.1, 0.15) is 41.8 Å². The lowest BCUT2D eigenvalue weighted by atomic mass is 10.2. The lowest BCUT2D eigenvalue weighted by Gasteiger charge is -2.10. The van der Waals surface area contributed by atoms with Crippen molar-refractivity contribution < 1.29 is 14.0 Å². The van der Waals surface area contributed by atoms with Crippen LogP contribution in [-0.4, -0.2) is 12.0 Å². The summed E-state index contributed by atoms with van der Waals surface area (Å²) in [6, 6.07) is 1.64. The van der Waals surface area contributed by atoms with E-state index in [0.29, 0.717) is 11.3 Å². The Morgan fingerprint density at radius 2 is 2.27 bits per heavy atom. The fourth-order valence-electron chi connectivity index (χ4n) is 1.82. The Morgan fingerprint density at radius 1 is 1.53 bits per heavy atom. The third-order valence-electron chi connectivity index (χ3n) is 2.72. The number of hydroxylamine groups is 1. The van der Waals surface area contributed by atoms with Gasteiger partial charge >= 0.3 is 0 Å². The number of amides is 1. The van der Waals surface area contributed by atoms with Gasteiger partial charge in [0.1, 0.15) is 5.76 Å². The molecule has 0 spiro atoms. The van der Waals surface area contributed by atoms with Crippen molar-refractivity contribution in [1.29, 1.82) is 0 Å². The number of nitrogens with one attached hydrogen (secondary N) is 1. The summed E-state index contributed by atoms with van der Waals surface area (Å²) in [6.07, 6.45) is 6.12. The van der Waals surface area contributed by atoms with Crippen LogP contribution in [-0.2, 0) is 4.84 Å². The van der Waals surface area contributed by atoms with Crippen molar-refractivity contribution in [3.63, 3.8) is 0 Å². The van der Waals surface area contributed by atoms with E-state index in [1.165, 1.54) is 19.1 Å². The minimum Gasteiger partial charge on any atom is -0.469 e. The van der Waals surface area contributed by atoms with E-state index in [2.05, 4.69) is 5.48 Å². The summed E-state index contributed by atoms with van der Waals surface area (Å²) in [6.45, 7) is 1.75. The van der Waals surface area contributed by atoms with Crippen LogP contribution in [0.4, 0.5) is 0 Å². The number of hydrogen-bond donors (Lipinski definition) is 1. The first-order valence-corrected chi connectivity index (χ1v) is 5.27. The highest BCUT2D eigenvalue weighted by molar-refractivity contribution is 5.94. The summed E-state index contributed by atoms with van der Waals surface area (Å²) >= 11 is 0. The van der Waals surface area contributed by atoms with E-state index in [1.54, 1.807) is 13.0 Å². The van der Waals surface area contributed by atoms with E-state index in [9.17, 15) is 4.79 Å². The zero-order chi connectivity index (χ0) is 10.7. The third kappa shape index (κ3) is 2.39. The monoisotopic (exact) mass is 209 g/mol. The molecule has 1 aromatic rings. The van der Waals surface area contributed by atoms with Crippen molar-refractivity contribution in [3.05, 3.63) is 23.7 Å². The molecule has 0 saturated heterocycles. The van der Waals surface area contributed by atoms with Gasteiger partial charge in [0.2, 0.25) is 0 Å². The second kappa shape index (κ2) is 4.49. The maximum Gasteiger partial charge on any atom is 0.278 e. The van der Waals surface area contributed by atoms with Gasteiger partial charge in [-0.1, -0.05) is 12.8 Å². The average molecular weight is 209 g/mol. The van der Waals surface area contributed by atoms with Gasteiger partial charge in [-0.3, -0.25) is 9.63 Å². The summed E-state index contributed by atoms with van der Waals surface area (Å²) in [7, 11) is 0. The molecule has 1 aromatic heterocycles. The molecule has 0 unspecified atom stereocenters. The molecule has 0 aliphatic heterocycles. The highest BCUT2D eigenvalue weighted by Crippen LogP contribution is 2.20. The summed E-state index contributed by atoms with van der Waals surface area (Å²) in [5.41, 5.74) is 3.00. The predicted octanol–water partition coefficient (Wildman–Crippen LogP) is 2.19. The number of furan rings is 1. The van der Waals surface area contributed by atoms with Crippen LogP contribution in [0.5, 0.6) is 0 Å². The standard InChI is InChI=1S/C11H15NO3/c1-8-10(6-7-14-8)11(13)12-15-9-4-2-3-5-9/h6-7,9H,2-5H2,1H3,(H,12,13). The largest absolute Gasteiger partial charge is 0.469 e. The van der Waals surface area contributed by atoms with Crippen LogP contribution in [0.2, 0.25) is 0 Å². The average Bonchev–Trinajstić information content (AvgIpc) is 2.84. The van der Waals surface area contributed by atoms with E-state index in [0.717, 1.165) is 12.8 Å². The van der Waals surface area contributed by atoms with Crippen LogP contribution in [0.3, 0.4) is 0 Å². The molecule has 1 saturated carbocycles. The molecule has 82 valence electrons. The molecule has 1 amide bonds. The molecule has 0 radical (unpaired) electrons. The predicted molar refractivity (Wildman–Crippen MR) is 54.3 cm³/mol. The van der Waals surface area contributed by atoms with Gasteiger partial charge in [-0.05, 0) is 25.8 Å². The van der Waals surface area contributed by atoms with Gasteiger partial charge in [0.15, 0.2) is 0 Å². The minimum absolute atomic E-state index is 0.182. The van der Waals surface area contributed by atoms with Crippen LogP contribution in [0, 0.1) is 6.92 Å². The quantitative estimate of drug-likeness (QED) is 0.776. The van der Waals surface area contributed by atoms with Crippen molar-refractivity contribution in [2.24, 2.45) is 0 Å². The molecular formula is C11H15NO3. The zero-order valence-electron chi connectivity index (χ0n) is 8.79. The van der Waals surface area contributed by atoms with Crippen LogP contribution in [0.25, 0.3) is 0 Å². The van der Waals surface area contributed by atoms with E-state index in [4.69, 9.17) is 9.25 Å². The Morgan fingerprint density at radius 3 is 2.87 bits per heavy atom. The number of aryl methyl sites for hydroxylation is 1. The molecule has 0 bridgehead atoms. The Bertz CT molecular complexity index is 339. The Labute approximate surface area is 88.6 Å². The van der Waals surface area contributed by atoms with Gasteiger partial charge in [-0.25, -0.2) is 5.48 Å². The van der Waals surface area contributed by atoms with E-state index >= 15 is 0 Å². The molecule has 1 N–H and O–H groups in total. The molecule has 4 nitrogen and oxygen atoms in total. The van der Waals surface area contributed by atoms with Crippen molar-refractivity contribution in [2.75, 3.05) is 0 Å². The van der Waals surface area contributed by atoms with E-state index in [-0.39, 0.29) is 12.0 Å². The second-order valence-electron chi connectivity index (χ2n) is 3.85. The van der Waals surface area contributed by atoms with Crippen molar-refractivity contribution in [3.8, 4) is 0 Å². The third-order valence-corrected chi connectivity index (χ3v) is 2.72. The second-order valence-corrected chi connectivity index (χ2v) is 3.85. The van der Waals surface area contributed by atoms with Gasteiger partial charge in [-0.2, -0.15) is 0 Å². The minimum atomic E-state index is -0.229. The van der Waals surface area contributed by atoms with Gasteiger partial charge in [0.05, 0.1) is 17.9 Å². The van der Waals surface area contributed by atoms with Crippen LogP contribution >= 0.6 is 0 Å². The molecule has 1 heterocycles. The van der Waals surface area contributed by atoms with E-state index in [1.807, 2.05) is 0 Å². The molecule has 1 aliphatic carbocycles. The summed E-state index contributed by atoms with van der Waals surface area (Å²) in [4.78, 5) is 16.9. The smallest absolute Gasteiger partial charge is 0.278 e. The van der Waals surface area contributed by atoms with Gasteiger partial charge in [-0.15, -0.1) is 0 Å². The van der Waals surface area contributed by atoms with Gasteiger partial charge in [0.25, 0.3) is 5.91 Å². The summed E-state index contributed by atoms with van der Waals surface area (Å²) in [5.74, 6) is 0.385. The van der Waals surface area contributed by atoms with Crippen LogP contribution in [0.15, 0.2) is 16.7 Å². The first-order valence-electron chi connectivity index (χ1n) is 5.27. The maximum absolute atomic E-state index is 11.6. The highest BCUT2D eigenvalue weighted by Gasteiger charge is 2.18. The van der Waals surface area contributed by atoms with Gasteiger partial charge in [0, 0.05) is 0 Å². The number of hydrogen-bond acceptors (Lipinski definition) is 3. The van der Waals surface area contributed by atoms with E-state index < -0.39 is 0 Å². The van der Waals surface area contributed by atoms with Crippen LogP contribution < -0.4 is 5.48 Å². The molecule has 15 heavy (non-hydrogen) atoms. The fraction of sp³-hybridized carbons (Fsp3) is 0.545. The topological polar surface area (TPSA) is 51.5 Å². The molecule has 0 atom stereocenters. The summed E-state index contributed by atoms with van der Waals surface area (Å²) in [5, 5.41) is 0. The zero-order valence-corrected chi connectivity index (χ0v) is 8.79. The van der Waals surface area contributed by atoms with Crippen molar-refractivity contribution >= 4 is 5.91 Å². The molecular weight excluding hydrogens is 194 g/mol. The lowest BCUT2D eigenvalue weighted by molar-refractivity contribution is -0.0125. The number of rotatable bonds is 3. The fourth-order valence-corrected chi connectivity index (χ4v) is 1.82. The molecule has 1 aliphatic rings. The molecule has 0 aromatic carbocycles. The molecule has 2 rings (SSSR count). The lowest BCUT2D eigenvalue weighted by Crippen LogP contribution is -2.28. The van der Waals surface area contributed by atoms with Gasteiger partial charge < -0.3 is 4.42 Å². The Balaban J connectivity index is 1.84. The summed E-state index contributed by atoms with van der Waals surface area (Å²) < 4.78 is 5.04. The molecule has 1 fully saturated rings. The number of carbonyl (C=O) groups is 1. The SMILES string of the molecule is Cc1occc1C(=O)NOC1CCCC1. The Hall–Kier alpha value is -1.29. The number of carbonyl (C=O) groups excluding carboxylic acids is 1. The first-order chi connectivity index (χ1) is 7.27. The normalized spacial score (nSPS) is 16.9. The van der Waals surface area contributed by atoms with Crippen molar-refractivity contribution in [2.45, 2.75) is 38.7 Å².